The highest BCUT2D eigenvalue weighted by molar-refractivity contribution is 9.10. The first kappa shape index (κ1) is 16.0. The van der Waals surface area contributed by atoms with Gasteiger partial charge in [0.25, 0.3) is 0 Å². The SMILES string of the molecule is NCC(c1cccc(Br)c1)C(O)c1ccc(Cl)c(Br)c1. The lowest BCUT2D eigenvalue weighted by Crippen LogP contribution is -2.20. The molecule has 0 bridgehead atoms. The average molecular weight is 420 g/mol. The van der Waals surface area contributed by atoms with Crippen molar-refractivity contribution in [2.24, 2.45) is 5.73 Å². The fourth-order valence-corrected chi connectivity index (χ4v) is 3.04. The number of rotatable bonds is 4. The molecule has 0 aromatic heterocycles. The molecule has 2 atom stereocenters. The van der Waals surface area contributed by atoms with E-state index in [-0.39, 0.29) is 5.92 Å². The summed E-state index contributed by atoms with van der Waals surface area (Å²) < 4.78 is 1.73. The van der Waals surface area contributed by atoms with E-state index in [1.165, 1.54) is 0 Å². The van der Waals surface area contributed by atoms with Crippen molar-refractivity contribution in [2.45, 2.75) is 12.0 Å². The molecule has 2 rings (SSSR count). The molecule has 2 aromatic carbocycles. The molecule has 0 saturated carbocycles. The van der Waals surface area contributed by atoms with Gasteiger partial charge in [-0.25, -0.2) is 0 Å². The Balaban J connectivity index is 2.33. The van der Waals surface area contributed by atoms with Crippen molar-refractivity contribution in [3.05, 3.63) is 67.6 Å². The molecular formula is C15H14Br2ClNO. The van der Waals surface area contributed by atoms with Crippen LogP contribution in [-0.4, -0.2) is 11.7 Å². The van der Waals surface area contributed by atoms with E-state index in [4.69, 9.17) is 17.3 Å². The van der Waals surface area contributed by atoms with Gasteiger partial charge in [0.05, 0.1) is 11.1 Å². The van der Waals surface area contributed by atoms with E-state index in [1.54, 1.807) is 6.07 Å². The molecule has 0 aliphatic carbocycles. The summed E-state index contributed by atoms with van der Waals surface area (Å²) in [4.78, 5) is 0. The molecule has 0 saturated heterocycles. The van der Waals surface area contributed by atoms with Gasteiger partial charge in [0.15, 0.2) is 0 Å². The molecule has 0 fully saturated rings. The van der Waals surface area contributed by atoms with Crippen LogP contribution in [-0.2, 0) is 0 Å². The largest absolute Gasteiger partial charge is 0.388 e. The maximum atomic E-state index is 10.6. The van der Waals surface area contributed by atoms with Crippen molar-refractivity contribution < 1.29 is 5.11 Å². The number of benzene rings is 2. The van der Waals surface area contributed by atoms with Crippen LogP contribution in [0, 0.1) is 0 Å². The van der Waals surface area contributed by atoms with Gasteiger partial charge in [-0.05, 0) is 51.3 Å². The summed E-state index contributed by atoms with van der Waals surface area (Å²) in [5.41, 5.74) is 7.64. The molecule has 2 aromatic rings. The Bertz CT molecular complexity index is 606. The third-order valence-electron chi connectivity index (χ3n) is 3.20. The van der Waals surface area contributed by atoms with Gasteiger partial charge in [-0.1, -0.05) is 45.7 Å². The fraction of sp³-hybridized carbons (Fsp3) is 0.200. The van der Waals surface area contributed by atoms with Crippen LogP contribution < -0.4 is 5.73 Å². The minimum atomic E-state index is -0.678. The zero-order chi connectivity index (χ0) is 14.7. The molecule has 2 nitrogen and oxygen atoms in total. The maximum Gasteiger partial charge on any atom is 0.0871 e. The van der Waals surface area contributed by atoms with Gasteiger partial charge in [0.1, 0.15) is 0 Å². The molecule has 0 heterocycles. The minimum absolute atomic E-state index is 0.166. The Morgan fingerprint density at radius 3 is 2.45 bits per heavy atom. The molecule has 20 heavy (non-hydrogen) atoms. The van der Waals surface area contributed by atoms with E-state index in [0.29, 0.717) is 11.6 Å². The van der Waals surface area contributed by atoms with E-state index in [0.717, 1.165) is 20.1 Å². The molecule has 3 N–H and O–H groups in total. The second-order valence-corrected chi connectivity index (χ2v) is 6.69. The number of halogens is 3. The average Bonchev–Trinajstić information content (AvgIpc) is 2.42. The number of hydrogen-bond acceptors (Lipinski definition) is 2. The second kappa shape index (κ2) is 7.05. The standard InChI is InChI=1S/C15H14Br2ClNO/c16-11-3-1-2-9(6-11)12(8-19)15(20)10-4-5-14(18)13(17)7-10/h1-7,12,15,20H,8,19H2. The summed E-state index contributed by atoms with van der Waals surface area (Å²) in [7, 11) is 0. The first-order valence-corrected chi connectivity index (χ1v) is 8.08. The number of aliphatic hydroxyl groups excluding tert-OH is 1. The van der Waals surface area contributed by atoms with Crippen molar-refractivity contribution >= 4 is 43.5 Å². The molecule has 0 amide bonds. The van der Waals surface area contributed by atoms with Crippen LogP contribution >= 0.6 is 43.5 Å². The Morgan fingerprint density at radius 2 is 1.85 bits per heavy atom. The second-order valence-electron chi connectivity index (χ2n) is 4.52. The Labute approximate surface area is 140 Å². The van der Waals surface area contributed by atoms with Crippen molar-refractivity contribution in [1.29, 1.82) is 0 Å². The zero-order valence-electron chi connectivity index (χ0n) is 10.6. The lowest BCUT2D eigenvalue weighted by atomic mass is 9.89. The van der Waals surface area contributed by atoms with Crippen LogP contribution in [0.3, 0.4) is 0 Å². The van der Waals surface area contributed by atoms with Crippen molar-refractivity contribution in [3.8, 4) is 0 Å². The topological polar surface area (TPSA) is 46.2 Å². The van der Waals surface area contributed by atoms with Crippen LogP contribution in [0.4, 0.5) is 0 Å². The normalized spacial score (nSPS) is 14.1. The lowest BCUT2D eigenvalue weighted by Gasteiger charge is -2.23. The summed E-state index contributed by atoms with van der Waals surface area (Å²) in [6.45, 7) is 0.359. The molecule has 0 aliphatic heterocycles. The summed E-state index contributed by atoms with van der Waals surface area (Å²) in [5, 5.41) is 11.2. The Kier molecular flexibility index (Phi) is 5.64. The third-order valence-corrected chi connectivity index (χ3v) is 4.90. The van der Waals surface area contributed by atoms with Gasteiger partial charge in [-0.15, -0.1) is 0 Å². The van der Waals surface area contributed by atoms with Crippen LogP contribution in [0.5, 0.6) is 0 Å². The van der Waals surface area contributed by atoms with Crippen molar-refractivity contribution in [2.75, 3.05) is 6.54 Å². The van der Waals surface area contributed by atoms with E-state index >= 15 is 0 Å². The smallest absolute Gasteiger partial charge is 0.0871 e. The first-order chi connectivity index (χ1) is 9.52. The van der Waals surface area contributed by atoms with Crippen LogP contribution in [0.25, 0.3) is 0 Å². The maximum absolute atomic E-state index is 10.6. The molecule has 106 valence electrons. The first-order valence-electron chi connectivity index (χ1n) is 6.11. The Morgan fingerprint density at radius 1 is 1.10 bits per heavy atom. The van der Waals surface area contributed by atoms with E-state index in [1.807, 2.05) is 36.4 Å². The highest BCUT2D eigenvalue weighted by Crippen LogP contribution is 2.34. The zero-order valence-corrected chi connectivity index (χ0v) is 14.5. The summed E-state index contributed by atoms with van der Waals surface area (Å²) in [6, 6.07) is 13.2. The molecule has 0 aliphatic rings. The molecule has 0 spiro atoms. The molecular weight excluding hydrogens is 405 g/mol. The van der Waals surface area contributed by atoms with Crippen LogP contribution in [0.2, 0.25) is 5.02 Å². The number of nitrogens with two attached hydrogens (primary N) is 1. The van der Waals surface area contributed by atoms with Crippen LogP contribution in [0.15, 0.2) is 51.4 Å². The van der Waals surface area contributed by atoms with Crippen molar-refractivity contribution in [1.82, 2.24) is 0 Å². The number of aliphatic hydroxyl groups is 1. The summed E-state index contributed by atoms with van der Waals surface area (Å²) in [6.07, 6.45) is -0.678. The quantitative estimate of drug-likeness (QED) is 0.758. The molecule has 0 radical (unpaired) electrons. The monoisotopic (exact) mass is 417 g/mol. The number of hydrogen-bond donors (Lipinski definition) is 2. The van der Waals surface area contributed by atoms with Gasteiger partial charge in [-0.3, -0.25) is 0 Å². The highest BCUT2D eigenvalue weighted by atomic mass is 79.9. The van der Waals surface area contributed by atoms with Gasteiger partial charge >= 0.3 is 0 Å². The van der Waals surface area contributed by atoms with E-state index in [9.17, 15) is 5.11 Å². The van der Waals surface area contributed by atoms with Crippen molar-refractivity contribution in [3.63, 3.8) is 0 Å². The van der Waals surface area contributed by atoms with E-state index < -0.39 is 6.10 Å². The predicted octanol–water partition coefficient (Wildman–Crippen LogP) is 4.64. The van der Waals surface area contributed by atoms with Crippen LogP contribution in [0.1, 0.15) is 23.1 Å². The summed E-state index contributed by atoms with van der Waals surface area (Å²) >= 11 is 12.8. The van der Waals surface area contributed by atoms with Gasteiger partial charge < -0.3 is 10.8 Å². The molecule has 5 heteroatoms. The van der Waals surface area contributed by atoms with E-state index in [2.05, 4.69) is 31.9 Å². The van der Waals surface area contributed by atoms with Gasteiger partial charge in [0, 0.05) is 21.4 Å². The minimum Gasteiger partial charge on any atom is -0.388 e. The summed E-state index contributed by atoms with van der Waals surface area (Å²) in [5.74, 6) is -0.166. The predicted molar refractivity (Wildman–Crippen MR) is 90.0 cm³/mol. The van der Waals surface area contributed by atoms with Gasteiger partial charge in [0.2, 0.25) is 0 Å². The third kappa shape index (κ3) is 3.62. The lowest BCUT2D eigenvalue weighted by molar-refractivity contribution is 0.147. The fourth-order valence-electron chi connectivity index (χ4n) is 2.11. The van der Waals surface area contributed by atoms with Gasteiger partial charge in [-0.2, -0.15) is 0 Å². The Hall–Kier alpha value is -0.390. The highest BCUT2D eigenvalue weighted by Gasteiger charge is 2.22. The molecule has 2 unspecified atom stereocenters.